The van der Waals surface area contributed by atoms with E-state index in [0.717, 1.165) is 4.90 Å². The van der Waals surface area contributed by atoms with Crippen molar-refractivity contribution >= 4 is 111 Å². The number of rotatable bonds is 16. The van der Waals surface area contributed by atoms with Gasteiger partial charge >= 0.3 is 19.6 Å². The summed E-state index contributed by atoms with van der Waals surface area (Å²) in [6.45, 7) is 3.97. The highest BCUT2D eigenvalue weighted by molar-refractivity contribution is 6.33. The minimum absolute atomic E-state index is 0.00301. The summed E-state index contributed by atoms with van der Waals surface area (Å²) in [5.74, 6) is -5.53. The second-order valence-corrected chi connectivity index (χ2v) is 22.2. The van der Waals surface area contributed by atoms with Crippen molar-refractivity contribution in [3.8, 4) is 39.4 Å². The molecule has 1 aliphatic rings. The number of carboxylic acids is 1. The zero-order valence-electron chi connectivity index (χ0n) is 50.4. The number of esters is 1. The number of benzene rings is 2. The topological polar surface area (TPSA) is 441 Å². The first-order valence-electron chi connectivity index (χ1n) is 28.1. The number of fused-ring (bicyclic) bond motifs is 3. The van der Waals surface area contributed by atoms with Crippen LogP contribution in [0.4, 0.5) is 14.5 Å². The fraction of sp³-hybridized carbons (Fsp3) is 0.183. The first-order valence-corrected chi connectivity index (χ1v) is 28.9. The van der Waals surface area contributed by atoms with Crippen molar-refractivity contribution in [2.24, 2.45) is 17.2 Å². The van der Waals surface area contributed by atoms with Crippen molar-refractivity contribution in [1.29, 1.82) is 0 Å². The Hall–Kier alpha value is -11.9. The van der Waals surface area contributed by atoms with Gasteiger partial charge in [0, 0.05) is 74.6 Å². The summed E-state index contributed by atoms with van der Waals surface area (Å²) in [7, 11) is 0.582. The molecule has 9 N–H and O–H groups in total. The van der Waals surface area contributed by atoms with E-state index in [1.165, 1.54) is 82.2 Å². The second kappa shape index (κ2) is 30.2. The van der Waals surface area contributed by atoms with Gasteiger partial charge in [0.1, 0.15) is 67.3 Å². The lowest BCUT2D eigenvalue weighted by atomic mass is 10.0. The lowest BCUT2D eigenvalue weighted by Crippen LogP contribution is -2.44. The first-order chi connectivity index (χ1) is 45.9. The van der Waals surface area contributed by atoms with Gasteiger partial charge in [0.25, 0.3) is 17.7 Å². The van der Waals surface area contributed by atoms with Crippen LogP contribution in [-0.2, 0) is 43.5 Å². The molecule has 1 fully saturated rings. The van der Waals surface area contributed by atoms with E-state index in [1.54, 1.807) is 88.0 Å². The number of pyridine rings is 3. The van der Waals surface area contributed by atoms with Crippen LogP contribution in [0.5, 0.6) is 5.75 Å². The van der Waals surface area contributed by atoms with Gasteiger partial charge in [-0.3, -0.25) is 57.6 Å². The zero-order chi connectivity index (χ0) is 69.0. The maximum absolute atomic E-state index is 15.5. The van der Waals surface area contributed by atoms with Crippen LogP contribution in [-0.4, -0.2) is 163 Å². The molecule has 2 atom stereocenters. The van der Waals surface area contributed by atoms with Crippen molar-refractivity contribution in [2.45, 2.75) is 64.6 Å². The Balaban J connectivity index is 0.000000173. The van der Waals surface area contributed by atoms with Crippen LogP contribution in [0.15, 0.2) is 135 Å². The number of carbonyl (C=O) groups excluding carboxylic acids is 6. The Morgan fingerprint density at radius 2 is 1.12 bits per heavy atom. The summed E-state index contributed by atoms with van der Waals surface area (Å²) in [4.78, 5) is 121. The third-order valence-electron chi connectivity index (χ3n) is 13.6. The van der Waals surface area contributed by atoms with Crippen molar-refractivity contribution in [3.05, 3.63) is 168 Å². The van der Waals surface area contributed by atoms with Crippen molar-refractivity contribution < 1.29 is 61.9 Å². The maximum Gasteiger partial charge on any atom is 0.569 e. The summed E-state index contributed by atoms with van der Waals surface area (Å²) in [5, 5.41) is 33.5. The Bertz CT molecular complexity index is 4730. The highest BCUT2D eigenvalue weighted by Crippen LogP contribution is 2.34. The molecule has 1 radical (unpaired) electrons. The van der Waals surface area contributed by atoms with E-state index in [0.29, 0.717) is 79.2 Å². The lowest BCUT2D eigenvalue weighted by Gasteiger charge is -2.24. The molecule has 1 aliphatic heterocycles. The minimum atomic E-state index is -1.48. The number of alkyl halides is 1. The van der Waals surface area contributed by atoms with E-state index >= 15 is 4.39 Å². The molecule has 0 spiro atoms. The fourth-order valence-corrected chi connectivity index (χ4v) is 9.96. The summed E-state index contributed by atoms with van der Waals surface area (Å²) in [6.07, 6.45) is 15.8. The number of primary amides is 3. The predicted octanol–water partition coefficient (Wildman–Crippen LogP) is 5.00. The molecular weight excluding hydrogens is 1300 g/mol. The molecule has 11 aromatic rings. The number of hydrogen-bond acceptors (Lipinski definition) is 22. The Morgan fingerprint density at radius 1 is 0.646 bits per heavy atom. The summed E-state index contributed by atoms with van der Waals surface area (Å²) in [5.41, 5.74) is 19.4. The summed E-state index contributed by atoms with van der Waals surface area (Å²) < 4.78 is 43.6. The van der Waals surface area contributed by atoms with Gasteiger partial charge < -0.3 is 46.9 Å². The molecule has 489 valence electrons. The molecule has 31 nitrogen and oxygen atoms in total. The number of carbonyl (C=O) groups is 7. The first kappa shape index (κ1) is 68.5. The largest absolute Gasteiger partial charge is 0.569 e. The van der Waals surface area contributed by atoms with Crippen LogP contribution in [0.25, 0.3) is 66.4 Å². The van der Waals surface area contributed by atoms with Gasteiger partial charge in [-0.1, -0.05) is 53.5 Å². The second-order valence-electron chi connectivity index (χ2n) is 21.4. The van der Waals surface area contributed by atoms with E-state index < -0.39 is 71.7 Å². The van der Waals surface area contributed by atoms with Gasteiger partial charge in [-0.2, -0.15) is 15.3 Å². The number of nitrogens with zero attached hydrogens (tertiary/aromatic N) is 16. The number of ether oxygens (including phenoxy) is 1. The average Bonchev–Trinajstić information content (AvgIpc) is 1.49. The third kappa shape index (κ3) is 16.6. The molecule has 1 saturated heterocycles. The molecule has 36 heteroatoms. The van der Waals surface area contributed by atoms with E-state index in [-0.39, 0.29) is 59.5 Å². The Kier molecular flexibility index (Phi) is 21.6. The molecule has 0 saturated carbocycles. The van der Waals surface area contributed by atoms with Crippen LogP contribution in [0, 0.1) is 5.82 Å². The normalized spacial score (nSPS) is 13.3. The quantitative estimate of drug-likeness (QED) is 0.0421. The molecule has 0 unspecified atom stereocenters. The molecule has 9 aromatic heterocycles. The third-order valence-corrected chi connectivity index (χ3v) is 14.1. The van der Waals surface area contributed by atoms with Crippen LogP contribution in [0.2, 0.25) is 10.2 Å². The Morgan fingerprint density at radius 3 is 1.62 bits per heavy atom. The molecule has 10 heterocycles. The molecule has 5 amide bonds. The minimum Gasteiger partial charge on any atom is -0.535 e. The van der Waals surface area contributed by atoms with Gasteiger partial charge in [0.2, 0.25) is 11.8 Å². The van der Waals surface area contributed by atoms with Crippen LogP contribution in [0.3, 0.4) is 0 Å². The number of nitrogens with one attached hydrogen (secondary N) is 1. The number of carboxylic acid groups (broad SMARTS) is 1. The highest BCUT2D eigenvalue weighted by Gasteiger charge is 2.40. The Labute approximate surface area is 551 Å². The smallest absolute Gasteiger partial charge is 0.535 e. The summed E-state index contributed by atoms with van der Waals surface area (Å²) >= 11 is 12.0. The maximum atomic E-state index is 15.5. The average molecular weight is 1350 g/mol. The highest BCUT2D eigenvalue weighted by atomic mass is 35.5. The predicted molar refractivity (Wildman–Crippen MR) is 340 cm³/mol. The van der Waals surface area contributed by atoms with Gasteiger partial charge in [-0.15, -0.1) is 0 Å². The molecule has 96 heavy (non-hydrogen) atoms. The molecular formula is C60H52BCl2F2N20O11. The van der Waals surface area contributed by atoms with E-state index in [4.69, 9.17) is 55.3 Å². The number of amides is 5. The number of aliphatic carboxylic acids is 1. The number of hydrogen-bond donors (Lipinski definition) is 6. The number of likely N-dealkylation sites (tertiary alicyclic amines) is 1. The van der Waals surface area contributed by atoms with E-state index in [2.05, 4.69) is 70.1 Å². The standard InChI is InChI=1S/C30H23ClF2N8O3.C13H15ClN4O3.C13H10N6O3.C4H4BN2O2/c31-21-6-2-1-4-18(21)19-5-3-7-22(27(19)33)38-30(44)24-8-17(32)13-40(24)26(42)14-41-25-12-37-23(16-10-35-15-36-11-16)9-20(25)28(39-41)29(34)43;1-13(2,3)21-10(19)6-18-8-5-16-9(14)4-7(8)11(17-18)12(15)20;14-13(22)12-8-1-9(7-2-15-6-16-3-7)17-4-10(8)19(18-12)5-11(20)21;8-5-9-4-1-6-3-7-2-4/h1-7,9-12,15,17,24H,8,13-14H2,(H2,34,43)(H,38,44);4-5H,6H2,1-3H3,(H2,15,20);1-4,6H,5H2,(H2,14,22)(H,20,21);1-3,8H/t17-,24+;;;/m1.../s1. The van der Waals surface area contributed by atoms with Crippen molar-refractivity contribution in [3.63, 3.8) is 0 Å². The number of aromatic nitrogens is 15. The molecule has 2 aromatic carbocycles. The van der Waals surface area contributed by atoms with Crippen LogP contribution in [0.1, 0.15) is 58.7 Å². The van der Waals surface area contributed by atoms with E-state index in [9.17, 15) is 38.0 Å². The van der Waals surface area contributed by atoms with Crippen LogP contribution < -0.4 is 27.2 Å². The monoisotopic (exact) mass is 1350 g/mol. The summed E-state index contributed by atoms with van der Waals surface area (Å²) in [6, 6.07) is 14.6. The van der Waals surface area contributed by atoms with Crippen molar-refractivity contribution in [2.75, 3.05) is 11.9 Å². The lowest BCUT2D eigenvalue weighted by molar-refractivity contribution is -0.155. The molecule has 0 aliphatic carbocycles. The van der Waals surface area contributed by atoms with Crippen molar-refractivity contribution in [1.82, 2.24) is 79.1 Å². The van der Waals surface area contributed by atoms with E-state index in [1.807, 2.05) is 0 Å². The van der Waals surface area contributed by atoms with Gasteiger partial charge in [-0.05, 0) is 51.1 Å². The molecule has 0 bridgehead atoms. The molecule has 12 rings (SSSR count). The fourth-order valence-electron chi connectivity index (χ4n) is 9.57. The number of anilines is 1. The van der Waals surface area contributed by atoms with Crippen LogP contribution >= 0.6 is 23.2 Å². The zero-order valence-corrected chi connectivity index (χ0v) is 51.9. The van der Waals surface area contributed by atoms with Gasteiger partial charge in [-0.25, -0.2) is 43.7 Å². The van der Waals surface area contributed by atoms with Gasteiger partial charge in [0.15, 0.2) is 22.9 Å². The van der Waals surface area contributed by atoms with Gasteiger partial charge in [0.05, 0.1) is 71.2 Å². The SMILES string of the molecule is CC(C)(C)OC(=O)Cn1nc(C(N)=O)c2cc(Cl)ncc21.NC(=O)c1nn(CC(=O)N2C[C@H](F)C[C@H]2C(=O)Nc2cccc(-c3ccccc3Cl)c2F)c2cnc(-c3cncnc3)cc12.NC(=O)c1nn(CC(=O)O)c2cnc(-c3cncnc3)cc12.O[B]Oc1cncnc1. The number of nitrogens with two attached hydrogens (primary N) is 3. The number of halogens is 4.